The molecule has 0 spiro atoms. The molecule has 3 heteroatoms. The van der Waals surface area contributed by atoms with E-state index in [1.54, 1.807) is 7.11 Å². The normalized spacial score (nSPS) is 19.0. The first-order chi connectivity index (χ1) is 8.24. The molecule has 1 saturated carbocycles. The summed E-state index contributed by atoms with van der Waals surface area (Å²) in [4.78, 5) is 0. The predicted octanol–water partition coefficient (Wildman–Crippen LogP) is 3.96. The first kappa shape index (κ1) is 12.7. The molecule has 1 fully saturated rings. The Morgan fingerprint density at radius 2 is 2.00 bits per heavy atom. The maximum Gasteiger partial charge on any atom is 0.126 e. The van der Waals surface area contributed by atoms with E-state index in [4.69, 9.17) is 16.3 Å². The van der Waals surface area contributed by atoms with Crippen LogP contribution in [0.2, 0.25) is 5.02 Å². The van der Waals surface area contributed by atoms with Crippen LogP contribution >= 0.6 is 11.6 Å². The van der Waals surface area contributed by atoms with E-state index in [-0.39, 0.29) is 0 Å². The summed E-state index contributed by atoms with van der Waals surface area (Å²) in [6.07, 6.45) is 5.34. The summed E-state index contributed by atoms with van der Waals surface area (Å²) in [6.45, 7) is 0. The first-order valence-electron chi connectivity index (χ1n) is 6.24. The van der Waals surface area contributed by atoms with Gasteiger partial charge in [-0.1, -0.05) is 36.9 Å². The van der Waals surface area contributed by atoms with Gasteiger partial charge in [-0.3, -0.25) is 0 Å². The number of ether oxygens (including phenoxy) is 1. The number of halogens is 1. The van der Waals surface area contributed by atoms with Crippen LogP contribution in [-0.2, 0) is 0 Å². The van der Waals surface area contributed by atoms with Crippen molar-refractivity contribution in [2.24, 2.45) is 5.92 Å². The lowest BCUT2D eigenvalue weighted by Gasteiger charge is -2.28. The molecule has 0 saturated heterocycles. The number of benzene rings is 1. The zero-order chi connectivity index (χ0) is 12.3. The number of hydrogen-bond acceptors (Lipinski definition) is 2. The second-order valence-electron chi connectivity index (χ2n) is 4.70. The lowest BCUT2D eigenvalue weighted by atomic mass is 9.82. The molecule has 1 atom stereocenters. The predicted molar refractivity (Wildman–Crippen MR) is 69.5 cm³/mol. The molecule has 2 rings (SSSR count). The Hall–Kier alpha value is -0.730. The molecule has 1 N–H and O–H groups in total. The summed E-state index contributed by atoms with van der Waals surface area (Å²) in [5, 5.41) is 11.1. The molecule has 0 bridgehead atoms. The van der Waals surface area contributed by atoms with E-state index in [1.165, 1.54) is 19.3 Å². The molecule has 1 unspecified atom stereocenters. The van der Waals surface area contributed by atoms with E-state index >= 15 is 0 Å². The maximum absolute atomic E-state index is 10.5. The third kappa shape index (κ3) is 2.75. The van der Waals surface area contributed by atoms with Crippen molar-refractivity contribution < 1.29 is 9.84 Å². The van der Waals surface area contributed by atoms with Crippen LogP contribution in [-0.4, -0.2) is 12.2 Å². The number of aliphatic hydroxyl groups excluding tert-OH is 1. The van der Waals surface area contributed by atoms with Gasteiger partial charge in [-0.15, -0.1) is 0 Å². The molecule has 0 radical (unpaired) electrons. The third-order valence-corrected chi connectivity index (χ3v) is 3.95. The number of rotatable bonds is 3. The Morgan fingerprint density at radius 1 is 1.29 bits per heavy atom. The van der Waals surface area contributed by atoms with E-state index in [9.17, 15) is 5.11 Å². The van der Waals surface area contributed by atoms with Crippen LogP contribution in [0.15, 0.2) is 18.2 Å². The topological polar surface area (TPSA) is 29.5 Å². The van der Waals surface area contributed by atoms with Crippen molar-refractivity contribution in [3.05, 3.63) is 28.8 Å². The van der Waals surface area contributed by atoms with Crippen molar-refractivity contribution in [1.82, 2.24) is 0 Å². The van der Waals surface area contributed by atoms with Gasteiger partial charge in [0.25, 0.3) is 0 Å². The number of aliphatic hydroxyl groups is 1. The van der Waals surface area contributed by atoms with E-state index in [0.717, 1.165) is 18.4 Å². The molecule has 0 aromatic heterocycles. The average molecular weight is 255 g/mol. The highest BCUT2D eigenvalue weighted by Gasteiger charge is 2.27. The van der Waals surface area contributed by atoms with Gasteiger partial charge >= 0.3 is 0 Å². The van der Waals surface area contributed by atoms with Crippen molar-refractivity contribution in [1.29, 1.82) is 0 Å². The fraction of sp³-hybridized carbons (Fsp3) is 0.571. The molecule has 2 nitrogen and oxygen atoms in total. The summed E-state index contributed by atoms with van der Waals surface area (Å²) in [5.41, 5.74) is 0.753. The second kappa shape index (κ2) is 5.74. The van der Waals surface area contributed by atoms with E-state index < -0.39 is 6.10 Å². The number of hydrogen-bond donors (Lipinski definition) is 1. The van der Waals surface area contributed by atoms with Crippen LogP contribution in [0.5, 0.6) is 5.75 Å². The van der Waals surface area contributed by atoms with E-state index in [0.29, 0.717) is 16.7 Å². The molecule has 0 heterocycles. The third-order valence-electron chi connectivity index (χ3n) is 3.62. The largest absolute Gasteiger partial charge is 0.496 e. The molecule has 94 valence electrons. The monoisotopic (exact) mass is 254 g/mol. The Labute approximate surface area is 108 Å². The quantitative estimate of drug-likeness (QED) is 0.885. The molecule has 1 aromatic rings. The van der Waals surface area contributed by atoms with Crippen LogP contribution < -0.4 is 4.74 Å². The molecule has 1 aliphatic rings. The van der Waals surface area contributed by atoms with Gasteiger partial charge in [0, 0.05) is 5.56 Å². The fourth-order valence-corrected chi connectivity index (χ4v) is 2.95. The lowest BCUT2D eigenvalue weighted by Crippen LogP contribution is -2.17. The van der Waals surface area contributed by atoms with Crippen LogP contribution in [0, 0.1) is 5.92 Å². The van der Waals surface area contributed by atoms with E-state index in [2.05, 4.69) is 0 Å². The fourth-order valence-electron chi connectivity index (χ4n) is 2.67. The Kier molecular flexibility index (Phi) is 4.30. The van der Waals surface area contributed by atoms with Crippen molar-refractivity contribution >= 4 is 11.6 Å². The van der Waals surface area contributed by atoms with Crippen molar-refractivity contribution in [2.45, 2.75) is 38.2 Å². The van der Waals surface area contributed by atoms with Gasteiger partial charge in [-0.2, -0.15) is 0 Å². The van der Waals surface area contributed by atoms with Crippen LogP contribution in [0.25, 0.3) is 0 Å². The molecule has 1 aliphatic carbocycles. The molecule has 1 aromatic carbocycles. The van der Waals surface area contributed by atoms with Crippen LogP contribution in [0.4, 0.5) is 0 Å². The highest BCUT2D eigenvalue weighted by Crippen LogP contribution is 2.40. The van der Waals surface area contributed by atoms with Crippen molar-refractivity contribution in [3.8, 4) is 5.75 Å². The molecule has 0 aliphatic heterocycles. The molecule has 17 heavy (non-hydrogen) atoms. The summed E-state index contributed by atoms with van der Waals surface area (Å²) in [7, 11) is 1.61. The highest BCUT2D eigenvalue weighted by molar-refractivity contribution is 6.31. The minimum atomic E-state index is -0.501. The smallest absolute Gasteiger partial charge is 0.126 e. The maximum atomic E-state index is 10.5. The van der Waals surface area contributed by atoms with Gasteiger partial charge in [-0.25, -0.2) is 0 Å². The van der Waals surface area contributed by atoms with E-state index in [1.807, 2.05) is 18.2 Å². The standard InChI is InChI=1S/C14H19ClO2/c1-17-12-9-5-8-11(15)13(12)14(16)10-6-3-2-4-7-10/h5,8-10,14,16H,2-4,6-7H2,1H3. The minimum Gasteiger partial charge on any atom is -0.496 e. The van der Waals surface area contributed by atoms with Crippen molar-refractivity contribution in [2.75, 3.05) is 7.11 Å². The van der Waals surface area contributed by atoms with Gasteiger partial charge in [-0.05, 0) is 30.9 Å². The Bertz CT molecular complexity index is 372. The van der Waals surface area contributed by atoms with Gasteiger partial charge < -0.3 is 9.84 Å². The minimum absolute atomic E-state index is 0.317. The zero-order valence-corrected chi connectivity index (χ0v) is 10.9. The first-order valence-corrected chi connectivity index (χ1v) is 6.62. The molecular formula is C14H19ClO2. The summed E-state index contributed by atoms with van der Waals surface area (Å²) in [6, 6.07) is 5.51. The summed E-state index contributed by atoms with van der Waals surface area (Å²) in [5.74, 6) is 1.01. The van der Waals surface area contributed by atoms with Crippen molar-refractivity contribution in [3.63, 3.8) is 0 Å². The highest BCUT2D eigenvalue weighted by atomic mass is 35.5. The molecular weight excluding hydrogens is 236 g/mol. The second-order valence-corrected chi connectivity index (χ2v) is 5.11. The summed E-state index contributed by atoms with van der Waals surface area (Å²) >= 11 is 6.18. The lowest BCUT2D eigenvalue weighted by molar-refractivity contribution is 0.0825. The van der Waals surface area contributed by atoms with Crippen LogP contribution in [0.1, 0.15) is 43.8 Å². The van der Waals surface area contributed by atoms with Gasteiger partial charge in [0.15, 0.2) is 0 Å². The Morgan fingerprint density at radius 3 is 2.65 bits per heavy atom. The van der Waals surface area contributed by atoms with Gasteiger partial charge in [0.05, 0.1) is 18.2 Å². The zero-order valence-electron chi connectivity index (χ0n) is 10.2. The SMILES string of the molecule is COc1cccc(Cl)c1C(O)C1CCCCC1. The number of methoxy groups -OCH3 is 1. The van der Waals surface area contributed by atoms with Gasteiger partial charge in [0.1, 0.15) is 5.75 Å². The Balaban J connectivity index is 2.25. The molecule has 0 amide bonds. The van der Waals surface area contributed by atoms with Crippen LogP contribution in [0.3, 0.4) is 0 Å². The van der Waals surface area contributed by atoms with Gasteiger partial charge in [0.2, 0.25) is 0 Å². The summed E-state index contributed by atoms with van der Waals surface area (Å²) < 4.78 is 5.29. The average Bonchev–Trinajstić information content (AvgIpc) is 2.38.